The molecule has 0 amide bonds. The molecule has 4 aromatic rings. The van der Waals surface area contributed by atoms with Gasteiger partial charge in [-0.25, -0.2) is 4.98 Å². The number of benzene rings is 2. The first-order valence-corrected chi connectivity index (χ1v) is 9.22. The van der Waals surface area contributed by atoms with Crippen LogP contribution >= 0.6 is 23.2 Å². The van der Waals surface area contributed by atoms with Crippen LogP contribution in [0, 0.1) is 0 Å². The molecule has 2 aromatic heterocycles. The molecule has 0 spiro atoms. The summed E-state index contributed by atoms with van der Waals surface area (Å²) in [6.45, 7) is 0. The minimum atomic E-state index is -0.391. The van der Waals surface area contributed by atoms with Crippen molar-refractivity contribution in [2.24, 2.45) is 0 Å². The number of hydrogen-bond acceptors (Lipinski definition) is 6. The largest absolute Gasteiger partial charge is 0.508 e. The van der Waals surface area contributed by atoms with Crippen molar-refractivity contribution in [3.63, 3.8) is 0 Å². The fraction of sp³-hybridized carbons (Fsp3) is 0.0500. The lowest BCUT2D eigenvalue weighted by Gasteiger charge is -2.14. The molecule has 0 saturated carbocycles. The van der Waals surface area contributed by atoms with Gasteiger partial charge in [0, 0.05) is 28.8 Å². The molecule has 4 rings (SSSR count). The Labute approximate surface area is 175 Å². The van der Waals surface area contributed by atoms with E-state index in [1.54, 1.807) is 42.5 Å². The van der Waals surface area contributed by atoms with Crippen molar-refractivity contribution in [2.75, 3.05) is 12.4 Å². The molecule has 0 unspecified atom stereocenters. The monoisotopic (exact) mass is 428 g/mol. The molecule has 2 aromatic carbocycles. The number of halogens is 2. The van der Waals surface area contributed by atoms with Crippen LogP contribution in [0.15, 0.2) is 59.4 Å². The van der Waals surface area contributed by atoms with Crippen LogP contribution in [0.5, 0.6) is 5.75 Å². The van der Waals surface area contributed by atoms with Crippen molar-refractivity contribution in [3.05, 3.63) is 75.0 Å². The molecule has 29 heavy (non-hydrogen) atoms. The smallest absolute Gasteiger partial charge is 0.285 e. The number of fused-ring (bicyclic) bond motifs is 1. The Morgan fingerprint density at radius 2 is 1.76 bits per heavy atom. The van der Waals surface area contributed by atoms with Crippen molar-refractivity contribution >= 4 is 45.9 Å². The first-order chi connectivity index (χ1) is 14.0. The van der Waals surface area contributed by atoms with E-state index in [0.29, 0.717) is 32.4 Å². The standard InChI is InChI=1S/C20H14Cl2N4O3/c1-29-26-16(28)9-8-13-18(17-14(21)6-3-7-15(17)22)24-20(25-19(13)26)23-11-4-2-5-12(27)10-11/h2-10,27H,1H3,(H,23,24,25). The Bertz CT molecular complexity index is 1270. The predicted octanol–water partition coefficient (Wildman–Crippen LogP) is 4.27. The fourth-order valence-corrected chi connectivity index (χ4v) is 3.53. The van der Waals surface area contributed by atoms with E-state index in [9.17, 15) is 9.90 Å². The molecule has 0 aliphatic carbocycles. The molecule has 0 saturated heterocycles. The summed E-state index contributed by atoms with van der Waals surface area (Å²) >= 11 is 12.8. The summed E-state index contributed by atoms with van der Waals surface area (Å²) < 4.78 is 1.05. The molecule has 0 fully saturated rings. The fourth-order valence-electron chi connectivity index (χ4n) is 2.95. The van der Waals surface area contributed by atoms with Crippen molar-refractivity contribution in [1.82, 2.24) is 14.7 Å². The Morgan fingerprint density at radius 3 is 2.45 bits per heavy atom. The summed E-state index contributed by atoms with van der Waals surface area (Å²) in [5.41, 5.74) is 1.34. The average molecular weight is 429 g/mol. The van der Waals surface area contributed by atoms with E-state index in [1.807, 2.05) is 0 Å². The lowest BCUT2D eigenvalue weighted by Crippen LogP contribution is -2.25. The van der Waals surface area contributed by atoms with Crippen LogP contribution < -0.4 is 15.7 Å². The normalized spacial score (nSPS) is 10.9. The molecular weight excluding hydrogens is 415 g/mol. The number of pyridine rings is 1. The third-order valence-electron chi connectivity index (χ3n) is 4.20. The molecule has 146 valence electrons. The van der Waals surface area contributed by atoms with Gasteiger partial charge in [-0.3, -0.25) is 4.79 Å². The number of phenols is 1. The van der Waals surface area contributed by atoms with Gasteiger partial charge in [-0.1, -0.05) is 35.3 Å². The number of aromatic hydroxyl groups is 1. The SMILES string of the molecule is COn1c(=O)ccc2c(-c3c(Cl)cccc3Cl)nc(Nc3cccc(O)c3)nc21. The summed E-state index contributed by atoms with van der Waals surface area (Å²) in [7, 11) is 1.37. The molecule has 0 aliphatic rings. The van der Waals surface area contributed by atoms with Gasteiger partial charge in [-0.05, 0) is 30.3 Å². The van der Waals surface area contributed by atoms with Gasteiger partial charge in [0.2, 0.25) is 5.95 Å². The number of rotatable bonds is 4. The van der Waals surface area contributed by atoms with E-state index in [1.165, 1.54) is 19.2 Å². The third kappa shape index (κ3) is 3.57. The first-order valence-electron chi connectivity index (χ1n) is 8.46. The number of phenolic OH excluding ortho intramolecular Hbond substituents is 1. The van der Waals surface area contributed by atoms with Crippen molar-refractivity contribution in [3.8, 4) is 17.0 Å². The summed E-state index contributed by atoms with van der Waals surface area (Å²) in [5, 5.41) is 14.1. The molecule has 0 aliphatic heterocycles. The van der Waals surface area contributed by atoms with Crippen LogP contribution in [0.25, 0.3) is 22.3 Å². The maximum absolute atomic E-state index is 12.2. The zero-order valence-corrected chi connectivity index (χ0v) is 16.6. The van der Waals surface area contributed by atoms with Gasteiger partial charge in [0.25, 0.3) is 5.56 Å². The van der Waals surface area contributed by atoms with Crippen LogP contribution in [0.3, 0.4) is 0 Å². The summed E-state index contributed by atoms with van der Waals surface area (Å²) in [5.74, 6) is 0.254. The number of nitrogens with zero attached hydrogens (tertiary/aromatic N) is 3. The molecule has 0 bridgehead atoms. The Morgan fingerprint density at radius 1 is 1.03 bits per heavy atom. The van der Waals surface area contributed by atoms with E-state index >= 15 is 0 Å². The minimum absolute atomic E-state index is 0.0824. The minimum Gasteiger partial charge on any atom is -0.508 e. The molecule has 9 heteroatoms. The highest BCUT2D eigenvalue weighted by Crippen LogP contribution is 2.37. The Balaban J connectivity index is 2.02. The van der Waals surface area contributed by atoms with E-state index < -0.39 is 5.56 Å². The topological polar surface area (TPSA) is 89.3 Å². The van der Waals surface area contributed by atoms with Crippen LogP contribution in [0.1, 0.15) is 0 Å². The molecule has 2 heterocycles. The molecular formula is C20H14Cl2N4O3. The lowest BCUT2D eigenvalue weighted by molar-refractivity contribution is 0.167. The van der Waals surface area contributed by atoms with Gasteiger partial charge in [0.15, 0.2) is 5.65 Å². The number of aromatic nitrogens is 3. The molecule has 2 N–H and O–H groups in total. The second kappa shape index (κ2) is 7.62. The summed E-state index contributed by atoms with van der Waals surface area (Å²) in [6.07, 6.45) is 0. The summed E-state index contributed by atoms with van der Waals surface area (Å²) in [4.78, 5) is 26.5. The van der Waals surface area contributed by atoms with E-state index in [4.69, 9.17) is 28.0 Å². The van der Waals surface area contributed by atoms with Gasteiger partial charge >= 0.3 is 0 Å². The zero-order valence-electron chi connectivity index (χ0n) is 15.1. The van der Waals surface area contributed by atoms with Gasteiger partial charge in [0.1, 0.15) is 12.9 Å². The summed E-state index contributed by atoms with van der Waals surface area (Å²) in [6, 6.07) is 14.6. The van der Waals surface area contributed by atoms with E-state index in [2.05, 4.69) is 15.3 Å². The highest BCUT2D eigenvalue weighted by atomic mass is 35.5. The highest BCUT2D eigenvalue weighted by Gasteiger charge is 2.18. The maximum Gasteiger partial charge on any atom is 0.285 e. The average Bonchev–Trinajstić information content (AvgIpc) is 2.67. The van der Waals surface area contributed by atoms with Gasteiger partial charge in [-0.2, -0.15) is 4.98 Å². The second-order valence-electron chi connectivity index (χ2n) is 6.05. The van der Waals surface area contributed by atoms with E-state index in [0.717, 1.165) is 4.73 Å². The third-order valence-corrected chi connectivity index (χ3v) is 4.83. The maximum atomic E-state index is 12.2. The first kappa shape index (κ1) is 19.0. The van der Waals surface area contributed by atoms with Crippen LogP contribution in [0.2, 0.25) is 10.0 Å². The second-order valence-corrected chi connectivity index (χ2v) is 6.87. The van der Waals surface area contributed by atoms with Crippen molar-refractivity contribution < 1.29 is 9.94 Å². The van der Waals surface area contributed by atoms with Crippen molar-refractivity contribution in [2.45, 2.75) is 0 Å². The lowest BCUT2D eigenvalue weighted by atomic mass is 10.1. The Hall–Kier alpha value is -3.29. The predicted molar refractivity (Wildman–Crippen MR) is 113 cm³/mol. The molecule has 7 nitrogen and oxygen atoms in total. The number of anilines is 2. The van der Waals surface area contributed by atoms with E-state index in [-0.39, 0.29) is 17.3 Å². The molecule has 0 atom stereocenters. The molecule has 0 radical (unpaired) electrons. The van der Waals surface area contributed by atoms with Crippen LogP contribution in [-0.2, 0) is 0 Å². The zero-order chi connectivity index (χ0) is 20.5. The number of nitrogens with one attached hydrogen (secondary N) is 1. The van der Waals surface area contributed by atoms with Crippen molar-refractivity contribution in [1.29, 1.82) is 0 Å². The number of hydrogen-bond donors (Lipinski definition) is 2. The van der Waals surface area contributed by atoms with Gasteiger partial charge in [0.05, 0.1) is 15.7 Å². The van der Waals surface area contributed by atoms with Crippen LogP contribution in [0.4, 0.5) is 11.6 Å². The Kier molecular flexibility index (Phi) is 5.00. The van der Waals surface area contributed by atoms with Gasteiger partial charge in [-0.15, -0.1) is 4.73 Å². The quantitative estimate of drug-likeness (QED) is 0.504. The van der Waals surface area contributed by atoms with Crippen LogP contribution in [-0.4, -0.2) is 26.9 Å². The highest BCUT2D eigenvalue weighted by molar-refractivity contribution is 6.39. The van der Waals surface area contributed by atoms with Gasteiger partial charge < -0.3 is 15.3 Å².